The number of aryl methyl sites for hydroxylation is 1. The first kappa shape index (κ1) is 15.8. The molecule has 0 fully saturated rings. The number of aromatic nitrogens is 2. The van der Waals surface area contributed by atoms with E-state index in [-0.39, 0.29) is 18.4 Å². The summed E-state index contributed by atoms with van der Waals surface area (Å²) >= 11 is 0. The fourth-order valence-corrected chi connectivity index (χ4v) is 2.58. The Morgan fingerprint density at radius 1 is 1.38 bits per heavy atom. The van der Waals surface area contributed by atoms with Gasteiger partial charge in [0.05, 0.1) is 11.5 Å². The molecule has 1 amide bonds. The van der Waals surface area contributed by atoms with Crippen LogP contribution in [0.2, 0.25) is 0 Å². The van der Waals surface area contributed by atoms with E-state index in [0.717, 1.165) is 0 Å². The number of ether oxygens (including phenoxy) is 2. The van der Waals surface area contributed by atoms with E-state index in [4.69, 9.17) is 9.47 Å². The lowest BCUT2D eigenvalue weighted by Crippen LogP contribution is -2.27. The fraction of sp³-hybridized carbons (Fsp3) is 0.333. The van der Waals surface area contributed by atoms with Crippen molar-refractivity contribution in [3.63, 3.8) is 0 Å². The van der Waals surface area contributed by atoms with E-state index in [1.165, 1.54) is 4.68 Å². The van der Waals surface area contributed by atoms with Gasteiger partial charge in [0, 0.05) is 12.1 Å². The van der Waals surface area contributed by atoms with Crippen LogP contribution in [0.1, 0.15) is 21.7 Å². The molecule has 24 heavy (non-hydrogen) atoms. The molecule has 0 unspecified atom stereocenters. The molecule has 0 spiro atoms. The van der Waals surface area contributed by atoms with Gasteiger partial charge in [0.2, 0.25) is 6.79 Å². The summed E-state index contributed by atoms with van der Waals surface area (Å²) in [6.07, 6.45) is 0. The van der Waals surface area contributed by atoms with Crippen molar-refractivity contribution in [3.05, 3.63) is 45.3 Å². The van der Waals surface area contributed by atoms with Crippen LogP contribution in [-0.4, -0.2) is 33.9 Å². The van der Waals surface area contributed by atoms with Gasteiger partial charge < -0.3 is 14.8 Å². The molecule has 126 valence electrons. The Kier molecular flexibility index (Phi) is 4.07. The van der Waals surface area contributed by atoms with Gasteiger partial charge in [-0.25, -0.2) is 0 Å². The van der Waals surface area contributed by atoms with Crippen molar-refractivity contribution in [2.24, 2.45) is 0 Å². The van der Waals surface area contributed by atoms with Gasteiger partial charge >= 0.3 is 5.69 Å². The molecule has 2 heterocycles. The molecule has 0 atom stereocenters. The molecule has 9 nitrogen and oxygen atoms in total. The molecular formula is C15H16N4O5. The number of fused-ring (bicyclic) bond motifs is 1. The van der Waals surface area contributed by atoms with Gasteiger partial charge in [-0.1, -0.05) is 0 Å². The van der Waals surface area contributed by atoms with Crippen LogP contribution in [0.4, 0.5) is 5.69 Å². The molecule has 1 aliphatic rings. The predicted molar refractivity (Wildman–Crippen MR) is 83.3 cm³/mol. The number of benzene rings is 1. The summed E-state index contributed by atoms with van der Waals surface area (Å²) in [5, 5.41) is 17.9. The van der Waals surface area contributed by atoms with E-state index in [9.17, 15) is 14.9 Å². The number of nitrogens with zero attached hydrogens (tertiary/aromatic N) is 3. The first-order valence-corrected chi connectivity index (χ1v) is 7.33. The first-order valence-electron chi connectivity index (χ1n) is 7.33. The largest absolute Gasteiger partial charge is 0.454 e. The van der Waals surface area contributed by atoms with Crippen molar-refractivity contribution >= 4 is 11.6 Å². The van der Waals surface area contributed by atoms with Gasteiger partial charge in [-0.3, -0.25) is 19.6 Å². The third kappa shape index (κ3) is 2.87. The highest BCUT2D eigenvalue weighted by Gasteiger charge is 2.21. The highest BCUT2D eigenvalue weighted by atomic mass is 16.7. The lowest BCUT2D eigenvalue weighted by atomic mass is 10.2. The summed E-state index contributed by atoms with van der Waals surface area (Å²) in [6, 6.07) is 4.95. The second-order valence-electron chi connectivity index (χ2n) is 5.32. The second-order valence-corrected chi connectivity index (χ2v) is 5.32. The number of hydrogen-bond donors (Lipinski definition) is 1. The van der Waals surface area contributed by atoms with Crippen LogP contribution in [0.5, 0.6) is 11.5 Å². The summed E-state index contributed by atoms with van der Waals surface area (Å²) in [6.45, 7) is 4.02. The molecule has 0 bridgehead atoms. The summed E-state index contributed by atoms with van der Waals surface area (Å²) in [7, 11) is 0. The van der Waals surface area contributed by atoms with Crippen molar-refractivity contribution in [1.29, 1.82) is 0 Å². The number of nitrogens with one attached hydrogen (secondary N) is 1. The molecule has 0 saturated heterocycles. The van der Waals surface area contributed by atoms with Crippen LogP contribution >= 0.6 is 0 Å². The molecule has 1 N–H and O–H groups in total. The molecule has 1 aliphatic heterocycles. The number of nitro groups is 1. The van der Waals surface area contributed by atoms with Crippen LogP contribution in [0.15, 0.2) is 18.2 Å². The van der Waals surface area contributed by atoms with Gasteiger partial charge in [0.15, 0.2) is 11.5 Å². The van der Waals surface area contributed by atoms with Crippen molar-refractivity contribution in [2.75, 3.05) is 13.3 Å². The van der Waals surface area contributed by atoms with Gasteiger partial charge in [0.1, 0.15) is 11.4 Å². The smallest absolute Gasteiger partial charge is 0.312 e. The number of amides is 1. The van der Waals surface area contributed by atoms with Crippen LogP contribution < -0.4 is 14.8 Å². The van der Waals surface area contributed by atoms with Gasteiger partial charge in [0.25, 0.3) is 5.91 Å². The van der Waals surface area contributed by atoms with E-state index < -0.39 is 4.92 Å². The second kappa shape index (κ2) is 6.19. The maximum atomic E-state index is 12.2. The molecule has 0 radical (unpaired) electrons. The Labute approximate surface area is 137 Å². The fourth-order valence-electron chi connectivity index (χ4n) is 2.58. The molecular weight excluding hydrogens is 316 g/mol. The van der Waals surface area contributed by atoms with E-state index in [0.29, 0.717) is 41.5 Å². The normalized spacial score (nSPS) is 12.2. The zero-order chi connectivity index (χ0) is 17.3. The third-order valence-corrected chi connectivity index (χ3v) is 3.77. The van der Waals surface area contributed by atoms with E-state index in [2.05, 4.69) is 10.4 Å². The van der Waals surface area contributed by atoms with Crippen LogP contribution in [0, 0.1) is 24.0 Å². The van der Waals surface area contributed by atoms with Crippen molar-refractivity contribution in [3.8, 4) is 11.5 Å². The number of hydrogen-bond acceptors (Lipinski definition) is 6. The molecule has 2 aromatic rings. The van der Waals surface area contributed by atoms with Crippen molar-refractivity contribution < 1.29 is 19.2 Å². The minimum atomic E-state index is -0.445. The van der Waals surface area contributed by atoms with Crippen LogP contribution in [0.3, 0.4) is 0 Å². The average Bonchev–Trinajstić information content (AvgIpc) is 3.10. The Bertz CT molecular complexity index is 814. The lowest BCUT2D eigenvalue weighted by Gasteiger charge is -2.07. The average molecular weight is 332 g/mol. The van der Waals surface area contributed by atoms with E-state index in [1.54, 1.807) is 32.0 Å². The maximum absolute atomic E-state index is 12.2. The summed E-state index contributed by atoms with van der Waals surface area (Å²) in [4.78, 5) is 22.7. The van der Waals surface area contributed by atoms with E-state index >= 15 is 0 Å². The molecule has 0 saturated carbocycles. The first-order chi connectivity index (χ1) is 11.5. The topological polar surface area (TPSA) is 109 Å². The Morgan fingerprint density at radius 2 is 2.12 bits per heavy atom. The minimum Gasteiger partial charge on any atom is -0.454 e. The van der Waals surface area contributed by atoms with Crippen LogP contribution in [-0.2, 0) is 6.54 Å². The maximum Gasteiger partial charge on any atom is 0.312 e. The van der Waals surface area contributed by atoms with Gasteiger partial charge in [-0.15, -0.1) is 0 Å². The Morgan fingerprint density at radius 3 is 2.83 bits per heavy atom. The van der Waals surface area contributed by atoms with Gasteiger partial charge in [-0.2, -0.15) is 5.10 Å². The zero-order valence-electron chi connectivity index (χ0n) is 13.2. The minimum absolute atomic E-state index is 0.0112. The predicted octanol–water partition coefficient (Wildman–Crippen LogP) is 1.57. The van der Waals surface area contributed by atoms with Crippen molar-refractivity contribution in [2.45, 2.75) is 20.4 Å². The van der Waals surface area contributed by atoms with Gasteiger partial charge in [-0.05, 0) is 32.0 Å². The van der Waals surface area contributed by atoms with Crippen LogP contribution in [0.25, 0.3) is 0 Å². The molecule has 1 aromatic heterocycles. The Balaban J connectivity index is 1.61. The standard InChI is InChI=1S/C15H16N4O5/c1-9-14(19(21)22)10(2)18(17-9)6-5-16-15(20)11-3-4-12-13(7-11)24-8-23-12/h3-4,7H,5-6,8H2,1-2H3,(H,16,20). The molecule has 1 aromatic carbocycles. The SMILES string of the molecule is Cc1nn(CCNC(=O)c2ccc3c(c2)OCO3)c(C)c1[N+](=O)[O-]. The summed E-state index contributed by atoms with van der Waals surface area (Å²) < 4.78 is 12.0. The zero-order valence-corrected chi connectivity index (χ0v) is 13.2. The highest BCUT2D eigenvalue weighted by Crippen LogP contribution is 2.32. The third-order valence-electron chi connectivity index (χ3n) is 3.77. The summed E-state index contributed by atoms with van der Waals surface area (Å²) in [5.74, 6) is 0.891. The molecule has 9 heteroatoms. The molecule has 3 rings (SSSR count). The highest BCUT2D eigenvalue weighted by molar-refractivity contribution is 5.94. The number of rotatable bonds is 5. The monoisotopic (exact) mass is 332 g/mol. The van der Waals surface area contributed by atoms with E-state index in [1.807, 2.05) is 0 Å². The summed E-state index contributed by atoms with van der Waals surface area (Å²) in [5.41, 5.74) is 1.30. The number of carbonyl (C=O) groups is 1. The number of carbonyl (C=O) groups excluding carboxylic acids is 1. The lowest BCUT2D eigenvalue weighted by molar-refractivity contribution is -0.386. The molecule has 0 aliphatic carbocycles. The Hall–Kier alpha value is -3.10. The van der Waals surface area contributed by atoms with Crippen molar-refractivity contribution in [1.82, 2.24) is 15.1 Å². The quantitative estimate of drug-likeness (QED) is 0.657.